The average Bonchev–Trinajstić information content (AvgIpc) is 1.87. The van der Waals surface area contributed by atoms with E-state index in [1.165, 1.54) is 0 Å². The Labute approximate surface area is 73.3 Å². The minimum Gasteiger partial charge on any atom is -0.480 e. The first-order chi connectivity index (χ1) is 5.54. The molecule has 0 heterocycles. The van der Waals surface area contributed by atoms with Gasteiger partial charge in [0.05, 0.1) is 6.54 Å². The van der Waals surface area contributed by atoms with Gasteiger partial charge in [-0.25, -0.2) is 0 Å². The van der Waals surface area contributed by atoms with Crippen LogP contribution in [0.1, 0.15) is 6.42 Å². The molecule has 0 bridgehead atoms. The Bertz CT molecular complexity index is 105. The highest BCUT2D eigenvalue weighted by atomic mass is 16.4. The third-order valence-corrected chi connectivity index (χ3v) is 0.860. The molecular weight excluding hydrogens is 158 g/mol. The number of hydrogen-bond donors (Lipinski definition) is 3. The molecule has 0 aliphatic heterocycles. The molecule has 5 N–H and O–H groups in total. The monoisotopic (exact) mass is 177 g/mol. The summed E-state index contributed by atoms with van der Waals surface area (Å²) in [4.78, 5) is 11.4. The van der Waals surface area contributed by atoms with E-state index in [9.17, 15) is 4.79 Å². The second kappa shape index (κ2) is 10.3. The molecule has 0 aromatic heterocycles. The highest BCUT2D eigenvalue weighted by molar-refractivity contribution is 5.68. The van der Waals surface area contributed by atoms with E-state index in [2.05, 4.69) is 0 Å². The van der Waals surface area contributed by atoms with Crippen LogP contribution in [0.3, 0.4) is 0 Å². The minimum absolute atomic E-state index is 0.111. The first kappa shape index (κ1) is 13.9. The van der Waals surface area contributed by atoms with Gasteiger partial charge < -0.3 is 16.6 Å². The Balaban J connectivity index is 0. The number of carboxylic acid groups (broad SMARTS) is 1. The molecule has 0 spiro atoms. The summed E-state index contributed by atoms with van der Waals surface area (Å²) in [5, 5.41) is 8.04. The van der Waals surface area contributed by atoms with Gasteiger partial charge in [0.25, 0.3) is 0 Å². The van der Waals surface area contributed by atoms with Crippen molar-refractivity contribution in [3.63, 3.8) is 0 Å². The molecule has 0 saturated carbocycles. The molecule has 12 heavy (non-hydrogen) atoms. The molecule has 0 amide bonds. The lowest BCUT2D eigenvalue weighted by Crippen LogP contribution is -2.20. The molecule has 0 saturated heterocycles. The number of aliphatic carboxylic acids is 1. The average molecular weight is 177 g/mol. The maximum atomic E-state index is 9.77. The van der Waals surface area contributed by atoms with Crippen LogP contribution in [-0.2, 0) is 4.79 Å². The smallest absolute Gasteiger partial charge is 0.317 e. The molecule has 5 heteroatoms. The van der Waals surface area contributed by atoms with Crippen LogP contribution in [0.15, 0.2) is 0 Å². The molecule has 0 aliphatic carbocycles. The topological polar surface area (TPSA) is 92.6 Å². The van der Waals surface area contributed by atoms with Crippen LogP contribution in [0.5, 0.6) is 0 Å². The van der Waals surface area contributed by atoms with Crippen molar-refractivity contribution in [1.29, 1.82) is 0 Å². The maximum absolute atomic E-state index is 9.77. The predicted octanol–water partition coefficient (Wildman–Crippen LogP) is -1.07. The van der Waals surface area contributed by atoms with Gasteiger partial charge in [-0.1, -0.05) is 0 Å². The van der Waals surface area contributed by atoms with Crippen molar-refractivity contribution in [3.8, 4) is 0 Å². The number of carboxylic acids is 1. The van der Waals surface area contributed by atoms with Gasteiger partial charge in [-0.15, -0.1) is 0 Å². The van der Waals surface area contributed by atoms with E-state index < -0.39 is 5.97 Å². The summed E-state index contributed by atoms with van der Waals surface area (Å²) in [6.07, 6.45) is 0.944. The second-order valence-electron chi connectivity index (χ2n) is 2.56. The second-order valence-corrected chi connectivity index (χ2v) is 2.56. The highest BCUT2D eigenvalue weighted by Crippen LogP contribution is 1.69. The zero-order valence-corrected chi connectivity index (χ0v) is 7.79. The summed E-state index contributed by atoms with van der Waals surface area (Å²) in [7, 11) is 3.43. The maximum Gasteiger partial charge on any atom is 0.317 e. The Morgan fingerprint density at radius 1 is 1.33 bits per heavy atom. The molecule has 0 fully saturated rings. The number of nitrogens with two attached hydrogens (primary N) is 2. The van der Waals surface area contributed by atoms with Crippen molar-refractivity contribution in [2.45, 2.75) is 6.42 Å². The fourth-order valence-corrected chi connectivity index (χ4v) is 0.388. The van der Waals surface area contributed by atoms with E-state index in [4.69, 9.17) is 16.6 Å². The lowest BCUT2D eigenvalue weighted by Gasteiger charge is -2.01. The molecule has 0 aromatic rings. The number of carbonyl (C=O) groups is 1. The lowest BCUT2D eigenvalue weighted by atomic mass is 10.4. The van der Waals surface area contributed by atoms with E-state index in [0.29, 0.717) is 0 Å². The van der Waals surface area contributed by atoms with Gasteiger partial charge in [0, 0.05) is 0 Å². The predicted molar refractivity (Wildman–Crippen MR) is 48.9 cm³/mol. The van der Waals surface area contributed by atoms with Crippen LogP contribution in [0.4, 0.5) is 0 Å². The zero-order valence-electron chi connectivity index (χ0n) is 7.79. The molecule has 0 atom stereocenters. The summed E-state index contributed by atoms with van der Waals surface area (Å²) in [6.45, 7) is 1.55. The standard InChI is InChI=1S/C4H9NO2.C3H10N2/c1-5(2)3-4(6)7;4-2-1-3-5/h3H2,1-2H3,(H,6,7);1-5H2. The largest absolute Gasteiger partial charge is 0.480 e. The van der Waals surface area contributed by atoms with Crippen LogP contribution in [0.2, 0.25) is 0 Å². The number of nitrogens with zero attached hydrogens (tertiary/aromatic N) is 1. The molecule has 0 unspecified atom stereocenters. The van der Waals surface area contributed by atoms with Gasteiger partial charge in [-0.3, -0.25) is 9.69 Å². The van der Waals surface area contributed by atoms with Gasteiger partial charge in [0.15, 0.2) is 0 Å². The SMILES string of the molecule is CN(C)CC(=O)O.NCCCN. The minimum atomic E-state index is -0.787. The van der Waals surface area contributed by atoms with Gasteiger partial charge in [0.2, 0.25) is 0 Å². The van der Waals surface area contributed by atoms with Crippen molar-refractivity contribution in [1.82, 2.24) is 4.90 Å². The van der Waals surface area contributed by atoms with Gasteiger partial charge in [0.1, 0.15) is 0 Å². The van der Waals surface area contributed by atoms with Crippen LogP contribution in [0.25, 0.3) is 0 Å². The van der Waals surface area contributed by atoms with Crippen LogP contribution < -0.4 is 11.5 Å². The third-order valence-electron chi connectivity index (χ3n) is 0.860. The summed E-state index contributed by atoms with van der Waals surface area (Å²) in [5.74, 6) is -0.787. The molecule has 0 radical (unpaired) electrons. The molecule has 0 aliphatic rings. The third kappa shape index (κ3) is 22.8. The van der Waals surface area contributed by atoms with E-state index in [1.807, 2.05) is 0 Å². The van der Waals surface area contributed by atoms with E-state index >= 15 is 0 Å². The van der Waals surface area contributed by atoms with Crippen molar-refractivity contribution >= 4 is 5.97 Å². The summed E-state index contributed by atoms with van der Waals surface area (Å²) in [5.41, 5.74) is 10.1. The van der Waals surface area contributed by atoms with Gasteiger partial charge in [-0.2, -0.15) is 0 Å². The Hall–Kier alpha value is -0.650. The summed E-state index contributed by atoms with van der Waals surface area (Å²) >= 11 is 0. The molecule has 74 valence electrons. The van der Waals surface area contributed by atoms with Gasteiger partial charge >= 0.3 is 5.97 Å². The zero-order chi connectivity index (χ0) is 9.98. The number of hydrogen-bond acceptors (Lipinski definition) is 4. The lowest BCUT2D eigenvalue weighted by molar-refractivity contribution is -0.137. The van der Waals surface area contributed by atoms with Crippen LogP contribution >= 0.6 is 0 Å². The highest BCUT2D eigenvalue weighted by Gasteiger charge is 1.94. The Morgan fingerprint density at radius 3 is 1.75 bits per heavy atom. The fourth-order valence-electron chi connectivity index (χ4n) is 0.388. The van der Waals surface area contributed by atoms with Gasteiger partial charge in [-0.05, 0) is 33.6 Å². The molecule has 0 rings (SSSR count). The molecule has 5 nitrogen and oxygen atoms in total. The number of likely N-dealkylation sites (N-methyl/N-ethyl adjacent to an activating group) is 1. The quantitative estimate of drug-likeness (QED) is 0.508. The van der Waals surface area contributed by atoms with Crippen LogP contribution in [0, 0.1) is 0 Å². The van der Waals surface area contributed by atoms with E-state index in [-0.39, 0.29) is 6.54 Å². The van der Waals surface area contributed by atoms with Crippen molar-refractivity contribution < 1.29 is 9.90 Å². The van der Waals surface area contributed by atoms with Crippen LogP contribution in [-0.4, -0.2) is 49.7 Å². The molecular formula is C7H19N3O2. The fraction of sp³-hybridized carbons (Fsp3) is 0.857. The van der Waals surface area contributed by atoms with Crippen molar-refractivity contribution in [2.24, 2.45) is 11.5 Å². The first-order valence-electron chi connectivity index (χ1n) is 3.81. The summed E-state index contributed by atoms with van der Waals surface area (Å²) < 4.78 is 0. The van der Waals surface area contributed by atoms with Crippen molar-refractivity contribution in [3.05, 3.63) is 0 Å². The number of rotatable bonds is 4. The molecule has 0 aromatic carbocycles. The first-order valence-corrected chi connectivity index (χ1v) is 3.81. The normalized spacial score (nSPS) is 9.08. The summed E-state index contributed by atoms with van der Waals surface area (Å²) in [6, 6.07) is 0. The van der Waals surface area contributed by atoms with Crippen molar-refractivity contribution in [2.75, 3.05) is 33.7 Å². The van der Waals surface area contributed by atoms with E-state index in [0.717, 1.165) is 19.5 Å². The van der Waals surface area contributed by atoms with E-state index in [1.54, 1.807) is 19.0 Å². The Kier molecular flexibility index (Phi) is 12.0. The Morgan fingerprint density at radius 2 is 1.75 bits per heavy atom.